The van der Waals surface area contributed by atoms with E-state index in [2.05, 4.69) is 5.16 Å². The summed E-state index contributed by atoms with van der Waals surface area (Å²) in [7, 11) is 1.78. The van der Waals surface area contributed by atoms with Crippen LogP contribution in [0.15, 0.2) is 35.0 Å². The van der Waals surface area contributed by atoms with Gasteiger partial charge in [-0.1, -0.05) is 5.16 Å². The van der Waals surface area contributed by atoms with Crippen molar-refractivity contribution in [3.63, 3.8) is 0 Å². The van der Waals surface area contributed by atoms with Crippen LogP contribution in [0.1, 0.15) is 31.2 Å². The molecule has 0 saturated carbocycles. The lowest BCUT2D eigenvalue weighted by atomic mass is 10.2. The van der Waals surface area contributed by atoms with Gasteiger partial charge < -0.3 is 19.1 Å². The van der Waals surface area contributed by atoms with E-state index >= 15 is 0 Å². The van der Waals surface area contributed by atoms with Crippen molar-refractivity contribution in [2.75, 3.05) is 25.1 Å². The van der Waals surface area contributed by atoms with Crippen molar-refractivity contribution in [2.45, 2.75) is 39.3 Å². The van der Waals surface area contributed by atoms with Crippen LogP contribution in [0, 0.1) is 6.92 Å². The fraction of sp³-hybridized carbons (Fsp3) is 0.429. The molecule has 2 aromatic heterocycles. The molecule has 3 heterocycles. The number of rotatable bonds is 6. The van der Waals surface area contributed by atoms with Crippen molar-refractivity contribution in [2.24, 2.45) is 0 Å². The third kappa shape index (κ3) is 3.87. The number of benzene rings is 1. The molecular formula is C21H25N5O3. The first-order valence-electron chi connectivity index (χ1n) is 9.89. The summed E-state index contributed by atoms with van der Waals surface area (Å²) in [5.41, 5.74) is 1.73. The van der Waals surface area contributed by atoms with Gasteiger partial charge >= 0.3 is 0 Å². The molecule has 3 aromatic rings. The van der Waals surface area contributed by atoms with E-state index in [1.807, 2.05) is 36.9 Å². The van der Waals surface area contributed by atoms with E-state index in [-0.39, 0.29) is 11.9 Å². The zero-order chi connectivity index (χ0) is 20.4. The summed E-state index contributed by atoms with van der Waals surface area (Å²) in [6, 6.07) is 7.32. The quantitative estimate of drug-likeness (QED) is 0.634. The summed E-state index contributed by atoms with van der Waals surface area (Å²) in [6.45, 7) is 5.69. The third-order valence-electron chi connectivity index (χ3n) is 5.21. The Balaban J connectivity index is 1.58. The van der Waals surface area contributed by atoms with Gasteiger partial charge in [0.2, 0.25) is 11.9 Å². The van der Waals surface area contributed by atoms with E-state index in [4.69, 9.17) is 19.2 Å². The molecule has 0 bridgehead atoms. The fourth-order valence-electron chi connectivity index (χ4n) is 3.78. The molecule has 1 aliphatic heterocycles. The molecule has 4 rings (SSSR count). The Kier molecular flexibility index (Phi) is 5.33. The first-order chi connectivity index (χ1) is 14.1. The van der Waals surface area contributed by atoms with Gasteiger partial charge in [-0.15, -0.1) is 0 Å². The molecule has 1 atom stereocenters. The number of carbonyl (C=O) groups is 1. The molecule has 0 radical (unpaired) electrons. The number of ether oxygens (including phenoxy) is 1. The monoisotopic (exact) mass is 395 g/mol. The fourth-order valence-corrected chi connectivity index (χ4v) is 3.78. The van der Waals surface area contributed by atoms with Gasteiger partial charge in [0.25, 0.3) is 0 Å². The Morgan fingerprint density at radius 2 is 2.21 bits per heavy atom. The van der Waals surface area contributed by atoms with Gasteiger partial charge in [0, 0.05) is 25.0 Å². The average molecular weight is 395 g/mol. The van der Waals surface area contributed by atoms with Crippen molar-refractivity contribution in [1.29, 1.82) is 0 Å². The number of aryl methyl sites for hydroxylation is 1. The number of fused-ring (bicyclic) bond motifs is 1. The van der Waals surface area contributed by atoms with Crippen molar-refractivity contribution < 1.29 is 14.1 Å². The standard InChI is InChI=1S/C21H25N5O3/c1-4-28-15-7-8-18-17(12-15)14(2)23-21(24-18)26-11-5-6-19(26)20(27)25(3)13-16-9-10-22-29-16/h7-10,12,19H,4-6,11,13H2,1-3H3. The molecule has 0 spiro atoms. The number of nitrogens with zero attached hydrogens (tertiary/aromatic N) is 5. The summed E-state index contributed by atoms with van der Waals surface area (Å²) in [5.74, 6) is 2.10. The van der Waals surface area contributed by atoms with Gasteiger partial charge in [0.15, 0.2) is 5.76 Å². The Bertz CT molecular complexity index is 1000. The number of hydrogen-bond acceptors (Lipinski definition) is 7. The number of amides is 1. The Labute approximate surface area is 169 Å². The van der Waals surface area contributed by atoms with Crippen molar-refractivity contribution in [3.05, 3.63) is 41.9 Å². The minimum atomic E-state index is -0.275. The predicted octanol–water partition coefficient (Wildman–Crippen LogP) is 2.95. The molecule has 0 aliphatic carbocycles. The lowest BCUT2D eigenvalue weighted by molar-refractivity contribution is -0.131. The molecule has 8 heteroatoms. The maximum Gasteiger partial charge on any atom is 0.245 e. The Morgan fingerprint density at radius 3 is 2.97 bits per heavy atom. The van der Waals surface area contributed by atoms with Crippen molar-refractivity contribution in [3.8, 4) is 5.75 Å². The van der Waals surface area contributed by atoms with E-state index in [1.165, 1.54) is 0 Å². The van der Waals surface area contributed by atoms with Crippen LogP contribution in [0.3, 0.4) is 0 Å². The predicted molar refractivity (Wildman–Crippen MR) is 109 cm³/mol. The van der Waals surface area contributed by atoms with Gasteiger partial charge in [-0.05, 0) is 44.9 Å². The van der Waals surface area contributed by atoms with E-state index in [1.54, 1.807) is 24.2 Å². The smallest absolute Gasteiger partial charge is 0.245 e. The van der Waals surface area contributed by atoms with Crippen LogP contribution in [-0.4, -0.2) is 52.2 Å². The largest absolute Gasteiger partial charge is 0.494 e. The summed E-state index contributed by atoms with van der Waals surface area (Å²) in [6.07, 6.45) is 3.29. The highest BCUT2D eigenvalue weighted by atomic mass is 16.5. The van der Waals surface area contributed by atoms with E-state index in [0.29, 0.717) is 24.9 Å². The molecule has 8 nitrogen and oxygen atoms in total. The van der Waals surface area contributed by atoms with E-state index in [9.17, 15) is 4.79 Å². The minimum Gasteiger partial charge on any atom is -0.494 e. The number of carbonyl (C=O) groups excluding carboxylic acids is 1. The van der Waals surface area contributed by atoms with E-state index < -0.39 is 0 Å². The third-order valence-corrected chi connectivity index (χ3v) is 5.21. The maximum atomic E-state index is 13.1. The van der Waals surface area contributed by atoms with Crippen molar-refractivity contribution in [1.82, 2.24) is 20.0 Å². The zero-order valence-corrected chi connectivity index (χ0v) is 17.0. The van der Waals surface area contributed by atoms with Crippen LogP contribution in [0.5, 0.6) is 5.75 Å². The molecule has 152 valence electrons. The van der Waals surface area contributed by atoms with Crippen LogP contribution in [0.2, 0.25) is 0 Å². The molecule has 1 saturated heterocycles. The zero-order valence-electron chi connectivity index (χ0n) is 17.0. The number of likely N-dealkylation sites (N-methyl/N-ethyl adjacent to an activating group) is 1. The highest BCUT2D eigenvalue weighted by Gasteiger charge is 2.34. The molecule has 1 aromatic carbocycles. The summed E-state index contributed by atoms with van der Waals surface area (Å²) < 4.78 is 10.7. The van der Waals surface area contributed by atoms with Crippen LogP contribution in [0.25, 0.3) is 10.9 Å². The normalized spacial score (nSPS) is 16.4. The second kappa shape index (κ2) is 8.06. The van der Waals surface area contributed by atoms with Crippen LogP contribution in [-0.2, 0) is 11.3 Å². The lowest BCUT2D eigenvalue weighted by Gasteiger charge is -2.28. The molecule has 1 unspecified atom stereocenters. The lowest BCUT2D eigenvalue weighted by Crippen LogP contribution is -2.44. The van der Waals surface area contributed by atoms with Crippen LogP contribution in [0.4, 0.5) is 5.95 Å². The Morgan fingerprint density at radius 1 is 1.34 bits per heavy atom. The summed E-state index contributed by atoms with van der Waals surface area (Å²) >= 11 is 0. The highest BCUT2D eigenvalue weighted by Crippen LogP contribution is 2.28. The molecule has 1 fully saturated rings. The summed E-state index contributed by atoms with van der Waals surface area (Å²) in [5, 5.41) is 4.66. The SMILES string of the molecule is CCOc1ccc2nc(N3CCCC3C(=O)N(C)Cc3ccno3)nc(C)c2c1. The first kappa shape index (κ1) is 19.2. The van der Waals surface area contributed by atoms with Gasteiger partial charge in [0.05, 0.1) is 30.6 Å². The van der Waals surface area contributed by atoms with Gasteiger partial charge in [-0.25, -0.2) is 9.97 Å². The van der Waals surface area contributed by atoms with Crippen LogP contribution < -0.4 is 9.64 Å². The van der Waals surface area contributed by atoms with Gasteiger partial charge in [0.1, 0.15) is 11.8 Å². The van der Waals surface area contributed by atoms with Gasteiger partial charge in [-0.3, -0.25) is 4.79 Å². The number of hydrogen-bond donors (Lipinski definition) is 0. The molecule has 1 aliphatic rings. The highest BCUT2D eigenvalue weighted by molar-refractivity contribution is 5.87. The topological polar surface area (TPSA) is 84.6 Å². The first-order valence-corrected chi connectivity index (χ1v) is 9.89. The number of anilines is 1. The maximum absolute atomic E-state index is 13.1. The summed E-state index contributed by atoms with van der Waals surface area (Å²) in [4.78, 5) is 26.2. The second-order valence-corrected chi connectivity index (χ2v) is 7.25. The Hall–Kier alpha value is -3.16. The van der Waals surface area contributed by atoms with Gasteiger partial charge in [-0.2, -0.15) is 0 Å². The molecule has 29 heavy (non-hydrogen) atoms. The molecule has 0 N–H and O–H groups in total. The average Bonchev–Trinajstić information content (AvgIpc) is 3.40. The number of aromatic nitrogens is 3. The van der Waals surface area contributed by atoms with Crippen molar-refractivity contribution >= 4 is 22.8 Å². The molecule has 1 amide bonds. The second-order valence-electron chi connectivity index (χ2n) is 7.25. The van der Waals surface area contributed by atoms with Crippen LogP contribution >= 0.6 is 0 Å². The minimum absolute atomic E-state index is 0.0342. The molecular weight excluding hydrogens is 370 g/mol. The van der Waals surface area contributed by atoms with E-state index in [0.717, 1.165) is 41.7 Å².